The number of carboxylic acids is 3. The highest BCUT2D eigenvalue weighted by atomic mass is 16.4. The molecule has 0 unspecified atom stereocenters. The summed E-state index contributed by atoms with van der Waals surface area (Å²) in [5.41, 5.74) is 0. The summed E-state index contributed by atoms with van der Waals surface area (Å²) in [4.78, 5) is 28.1. The fourth-order valence-corrected chi connectivity index (χ4v) is 0.214. The molecule has 92 valence electrons. The van der Waals surface area contributed by atoms with Gasteiger partial charge >= 0.3 is 17.9 Å². The third kappa shape index (κ3) is 59.0. The van der Waals surface area contributed by atoms with Crippen molar-refractivity contribution in [1.82, 2.24) is 0 Å². The smallest absolute Gasteiger partial charge is 0.327 e. The Morgan fingerprint density at radius 1 is 1.00 bits per heavy atom. The van der Waals surface area contributed by atoms with E-state index in [2.05, 4.69) is 13.2 Å². The topological polar surface area (TPSA) is 112 Å². The highest BCUT2D eigenvalue weighted by Crippen LogP contribution is 1.82. The van der Waals surface area contributed by atoms with Crippen LogP contribution in [0.15, 0.2) is 25.3 Å². The van der Waals surface area contributed by atoms with Gasteiger partial charge in [-0.25, -0.2) is 9.59 Å². The Labute approximate surface area is 93.5 Å². The molecule has 0 atom stereocenters. The molecule has 0 aliphatic carbocycles. The van der Waals surface area contributed by atoms with Crippen LogP contribution in [0.4, 0.5) is 0 Å². The van der Waals surface area contributed by atoms with E-state index in [1.807, 2.05) is 6.92 Å². The molecule has 0 aromatic heterocycles. The van der Waals surface area contributed by atoms with Gasteiger partial charge in [0.2, 0.25) is 0 Å². The molecular weight excluding hydrogens is 216 g/mol. The molecule has 0 aliphatic heterocycles. The Balaban J connectivity index is -0.000000160. The van der Waals surface area contributed by atoms with Crippen molar-refractivity contribution in [3.63, 3.8) is 0 Å². The predicted molar refractivity (Wildman–Crippen MR) is 58.2 cm³/mol. The maximum atomic E-state index is 9.60. The van der Waals surface area contributed by atoms with Gasteiger partial charge in [0, 0.05) is 18.6 Å². The lowest BCUT2D eigenvalue weighted by atomic mass is 10.4. The molecule has 16 heavy (non-hydrogen) atoms. The van der Waals surface area contributed by atoms with Crippen molar-refractivity contribution in [2.75, 3.05) is 0 Å². The number of hydrogen-bond acceptors (Lipinski definition) is 3. The molecule has 0 radical (unpaired) electrons. The van der Waals surface area contributed by atoms with Crippen LogP contribution in [0.3, 0.4) is 0 Å². The lowest BCUT2D eigenvalue weighted by Crippen LogP contribution is -1.90. The van der Waals surface area contributed by atoms with Gasteiger partial charge in [0.1, 0.15) is 0 Å². The van der Waals surface area contributed by atoms with E-state index in [0.29, 0.717) is 6.42 Å². The molecule has 3 N–H and O–H groups in total. The van der Waals surface area contributed by atoms with E-state index in [0.717, 1.165) is 18.6 Å². The van der Waals surface area contributed by atoms with E-state index in [1.165, 1.54) is 0 Å². The van der Waals surface area contributed by atoms with E-state index < -0.39 is 17.9 Å². The number of carbonyl (C=O) groups is 3. The number of rotatable bonds is 4. The van der Waals surface area contributed by atoms with Crippen LogP contribution in [0.5, 0.6) is 0 Å². The van der Waals surface area contributed by atoms with Gasteiger partial charge in [-0.1, -0.05) is 20.1 Å². The Bertz CT molecular complexity index is 226. The van der Waals surface area contributed by atoms with Crippen molar-refractivity contribution in [3.05, 3.63) is 25.3 Å². The standard InChI is InChI=1S/C4H8O2.2C3H4O2/c1-2-3-4(5)6;2*1-2-3(4)5/h2-3H2,1H3,(H,5,6);2*2H,1H2,(H,4,5). The highest BCUT2D eigenvalue weighted by molar-refractivity contribution is 5.79. The Hall–Kier alpha value is -2.11. The average Bonchev–Trinajstić information content (AvgIpc) is 2.19. The van der Waals surface area contributed by atoms with Gasteiger partial charge in [0.25, 0.3) is 0 Å². The van der Waals surface area contributed by atoms with Crippen LogP contribution in [-0.2, 0) is 14.4 Å². The second kappa shape index (κ2) is 15.4. The maximum absolute atomic E-state index is 9.60. The Morgan fingerprint density at radius 2 is 1.25 bits per heavy atom. The number of hydrogen-bond donors (Lipinski definition) is 3. The van der Waals surface area contributed by atoms with Gasteiger partial charge in [0.15, 0.2) is 0 Å². The van der Waals surface area contributed by atoms with Gasteiger partial charge in [-0.3, -0.25) is 4.79 Å². The lowest BCUT2D eigenvalue weighted by molar-refractivity contribution is -0.137. The third-order valence-electron chi connectivity index (χ3n) is 0.813. The van der Waals surface area contributed by atoms with Gasteiger partial charge in [-0.2, -0.15) is 0 Å². The van der Waals surface area contributed by atoms with Crippen LogP contribution in [0, 0.1) is 0 Å². The van der Waals surface area contributed by atoms with Crippen molar-refractivity contribution < 1.29 is 29.7 Å². The zero-order valence-electron chi connectivity index (χ0n) is 9.05. The van der Waals surface area contributed by atoms with E-state index in [-0.39, 0.29) is 0 Å². The van der Waals surface area contributed by atoms with Crippen molar-refractivity contribution >= 4 is 17.9 Å². The average molecular weight is 232 g/mol. The first-order valence-corrected chi connectivity index (χ1v) is 4.24. The number of carboxylic acid groups (broad SMARTS) is 3. The highest BCUT2D eigenvalue weighted by Gasteiger charge is 1.87. The normalized spacial score (nSPS) is 7.06. The Kier molecular flexibility index (Phi) is 18.7. The first-order chi connectivity index (χ1) is 7.31. The minimum absolute atomic E-state index is 0.292. The molecular formula is C10H16O6. The summed E-state index contributed by atoms with van der Waals surface area (Å²) in [6.45, 7) is 7.76. The van der Waals surface area contributed by atoms with Gasteiger partial charge in [-0.05, 0) is 6.42 Å². The van der Waals surface area contributed by atoms with E-state index in [4.69, 9.17) is 15.3 Å². The summed E-state index contributed by atoms with van der Waals surface area (Å²) in [6.07, 6.45) is 2.69. The summed E-state index contributed by atoms with van der Waals surface area (Å²) < 4.78 is 0. The second-order valence-corrected chi connectivity index (χ2v) is 2.23. The zero-order valence-corrected chi connectivity index (χ0v) is 9.05. The van der Waals surface area contributed by atoms with E-state index in [9.17, 15) is 14.4 Å². The summed E-state index contributed by atoms with van der Waals surface area (Å²) in [6, 6.07) is 0. The predicted octanol–water partition coefficient (Wildman–Crippen LogP) is 1.39. The molecule has 0 spiro atoms. The molecule has 0 heterocycles. The fraction of sp³-hybridized carbons (Fsp3) is 0.300. The summed E-state index contributed by atoms with van der Waals surface area (Å²) in [7, 11) is 0. The van der Waals surface area contributed by atoms with Crippen molar-refractivity contribution in [2.45, 2.75) is 19.8 Å². The van der Waals surface area contributed by atoms with Crippen molar-refractivity contribution in [1.29, 1.82) is 0 Å². The molecule has 0 bridgehead atoms. The molecule has 0 aromatic carbocycles. The Morgan fingerprint density at radius 3 is 1.25 bits per heavy atom. The molecule has 0 fully saturated rings. The largest absolute Gasteiger partial charge is 0.481 e. The minimum atomic E-state index is -0.981. The van der Waals surface area contributed by atoms with E-state index in [1.54, 1.807) is 0 Å². The molecule has 0 aromatic rings. The summed E-state index contributed by atoms with van der Waals surface area (Å²) in [5, 5.41) is 23.1. The van der Waals surface area contributed by atoms with Crippen LogP contribution in [0.1, 0.15) is 19.8 Å². The first kappa shape index (κ1) is 19.5. The molecule has 0 aliphatic rings. The fourth-order valence-electron chi connectivity index (χ4n) is 0.214. The zero-order chi connectivity index (χ0) is 13.6. The molecule has 0 saturated carbocycles. The van der Waals surface area contributed by atoms with E-state index >= 15 is 0 Å². The van der Waals surface area contributed by atoms with Gasteiger partial charge in [-0.15, -0.1) is 0 Å². The monoisotopic (exact) mass is 232 g/mol. The van der Waals surface area contributed by atoms with Crippen LogP contribution in [-0.4, -0.2) is 33.2 Å². The van der Waals surface area contributed by atoms with Crippen LogP contribution in [0.25, 0.3) is 0 Å². The molecule has 6 nitrogen and oxygen atoms in total. The van der Waals surface area contributed by atoms with Crippen molar-refractivity contribution in [3.8, 4) is 0 Å². The minimum Gasteiger partial charge on any atom is -0.481 e. The molecule has 6 heteroatoms. The van der Waals surface area contributed by atoms with Crippen LogP contribution in [0.2, 0.25) is 0 Å². The molecule has 0 amide bonds. The molecule has 0 saturated heterocycles. The maximum Gasteiger partial charge on any atom is 0.327 e. The summed E-state index contributed by atoms with van der Waals surface area (Å²) in [5.74, 6) is -2.67. The number of aliphatic carboxylic acids is 3. The lowest BCUT2D eigenvalue weighted by Gasteiger charge is -1.79. The van der Waals surface area contributed by atoms with Gasteiger partial charge < -0.3 is 15.3 Å². The van der Waals surface area contributed by atoms with Crippen molar-refractivity contribution in [2.24, 2.45) is 0 Å². The van der Waals surface area contributed by atoms with Crippen LogP contribution < -0.4 is 0 Å². The molecule has 0 rings (SSSR count). The van der Waals surface area contributed by atoms with Crippen LogP contribution >= 0.6 is 0 Å². The second-order valence-electron chi connectivity index (χ2n) is 2.23. The first-order valence-electron chi connectivity index (χ1n) is 4.24. The third-order valence-corrected chi connectivity index (χ3v) is 0.813. The SMILES string of the molecule is C=CC(=O)O.C=CC(=O)O.CCCC(=O)O. The quantitative estimate of drug-likeness (QED) is 0.631. The van der Waals surface area contributed by atoms with Gasteiger partial charge in [0.05, 0.1) is 0 Å². The summed E-state index contributed by atoms with van der Waals surface area (Å²) >= 11 is 0.